The first kappa shape index (κ1) is 22.7. The Labute approximate surface area is 213 Å². The first-order chi connectivity index (χ1) is 17.9. The van der Waals surface area contributed by atoms with Crippen LogP contribution < -0.4 is 15.0 Å². The molecule has 3 aromatic heterocycles. The first-order valence-electron chi connectivity index (χ1n) is 12.0. The number of anilines is 3. The Morgan fingerprint density at radius 1 is 1.08 bits per heavy atom. The largest absolute Gasteiger partial charge is 0.457 e. The van der Waals surface area contributed by atoms with Crippen molar-refractivity contribution in [3.05, 3.63) is 60.8 Å². The fourth-order valence-electron chi connectivity index (χ4n) is 4.60. The molecule has 1 fully saturated rings. The van der Waals surface area contributed by atoms with Crippen LogP contribution in [0.2, 0.25) is 0 Å². The maximum absolute atomic E-state index is 9.48. The average Bonchev–Trinajstić information content (AvgIpc) is 3.48. The minimum absolute atomic E-state index is 0.392. The highest BCUT2D eigenvalue weighted by atomic mass is 16.5. The molecule has 4 heterocycles. The second-order valence-electron chi connectivity index (χ2n) is 9.68. The molecule has 184 valence electrons. The van der Waals surface area contributed by atoms with Gasteiger partial charge in [0.15, 0.2) is 5.82 Å². The molecule has 0 radical (unpaired) electrons. The maximum atomic E-state index is 9.48. The minimum Gasteiger partial charge on any atom is -0.457 e. The molecular formula is C27H25N9O. The van der Waals surface area contributed by atoms with E-state index in [2.05, 4.69) is 31.3 Å². The first-order valence-corrected chi connectivity index (χ1v) is 12.0. The third-order valence-electron chi connectivity index (χ3n) is 6.75. The predicted molar refractivity (Wildman–Crippen MR) is 141 cm³/mol. The summed E-state index contributed by atoms with van der Waals surface area (Å²) in [6.45, 7) is 5.30. The van der Waals surface area contributed by atoms with Gasteiger partial charge >= 0.3 is 0 Å². The van der Waals surface area contributed by atoms with Crippen molar-refractivity contribution in [3.8, 4) is 17.6 Å². The summed E-state index contributed by atoms with van der Waals surface area (Å²) in [7, 11) is 1.97. The molecule has 37 heavy (non-hydrogen) atoms. The van der Waals surface area contributed by atoms with Crippen molar-refractivity contribution in [2.45, 2.75) is 20.3 Å². The molecule has 0 aliphatic carbocycles. The van der Waals surface area contributed by atoms with Gasteiger partial charge in [0, 0.05) is 31.9 Å². The SMILES string of the molecule is Cc1cc(Nc2ncnc3cnc(N4CCC(C)(C#N)C4)nc23)ccc1Oc1ccc2c(c1)ncn2C. The van der Waals surface area contributed by atoms with Gasteiger partial charge in [0.1, 0.15) is 28.9 Å². The lowest BCUT2D eigenvalue weighted by atomic mass is 9.92. The summed E-state index contributed by atoms with van der Waals surface area (Å²) in [6, 6.07) is 14.2. The molecule has 1 aliphatic heterocycles. The van der Waals surface area contributed by atoms with Gasteiger partial charge in [0.2, 0.25) is 5.95 Å². The molecule has 0 bridgehead atoms. The van der Waals surface area contributed by atoms with E-state index in [4.69, 9.17) is 9.72 Å². The van der Waals surface area contributed by atoms with Crippen LogP contribution in [0.1, 0.15) is 18.9 Å². The van der Waals surface area contributed by atoms with Crippen LogP contribution >= 0.6 is 0 Å². The summed E-state index contributed by atoms with van der Waals surface area (Å²) in [4.78, 5) is 24.5. The lowest BCUT2D eigenvalue weighted by Gasteiger charge is -2.18. The van der Waals surface area contributed by atoms with Gasteiger partial charge in [-0.05, 0) is 56.2 Å². The Morgan fingerprint density at radius 3 is 2.78 bits per heavy atom. The topological polar surface area (TPSA) is 118 Å². The van der Waals surface area contributed by atoms with Crippen molar-refractivity contribution >= 4 is 39.5 Å². The number of imidazole rings is 1. The number of hydrogen-bond acceptors (Lipinski definition) is 9. The van der Waals surface area contributed by atoms with Crippen molar-refractivity contribution in [2.75, 3.05) is 23.3 Å². The summed E-state index contributed by atoms with van der Waals surface area (Å²) in [5.74, 6) is 2.65. The van der Waals surface area contributed by atoms with E-state index >= 15 is 0 Å². The second-order valence-corrected chi connectivity index (χ2v) is 9.68. The smallest absolute Gasteiger partial charge is 0.226 e. The van der Waals surface area contributed by atoms with E-state index in [1.54, 1.807) is 12.5 Å². The third-order valence-corrected chi connectivity index (χ3v) is 6.75. The highest BCUT2D eigenvalue weighted by Gasteiger charge is 2.35. The molecule has 10 heteroatoms. The fraction of sp³-hybridized carbons (Fsp3) is 0.259. The fourth-order valence-corrected chi connectivity index (χ4v) is 4.60. The van der Waals surface area contributed by atoms with Gasteiger partial charge < -0.3 is 19.5 Å². The molecule has 0 spiro atoms. The highest BCUT2D eigenvalue weighted by molar-refractivity contribution is 5.87. The number of nitriles is 1. The quantitative estimate of drug-likeness (QED) is 0.366. The Hall–Kier alpha value is -4.78. The second kappa shape index (κ2) is 8.71. The predicted octanol–water partition coefficient (Wildman–Crippen LogP) is 4.89. The van der Waals surface area contributed by atoms with Crippen LogP contribution in [0.25, 0.3) is 22.1 Å². The average molecular weight is 492 g/mol. The van der Waals surface area contributed by atoms with Gasteiger partial charge in [-0.2, -0.15) is 5.26 Å². The summed E-state index contributed by atoms with van der Waals surface area (Å²) in [6.07, 6.45) is 5.77. The number of rotatable bonds is 5. The van der Waals surface area contributed by atoms with E-state index in [0.717, 1.165) is 46.7 Å². The number of fused-ring (bicyclic) bond motifs is 2. The van der Waals surface area contributed by atoms with Crippen LogP contribution in [0.5, 0.6) is 11.5 Å². The van der Waals surface area contributed by atoms with Crippen LogP contribution in [-0.2, 0) is 7.05 Å². The van der Waals surface area contributed by atoms with E-state index in [-0.39, 0.29) is 0 Å². The van der Waals surface area contributed by atoms with Crippen molar-refractivity contribution in [2.24, 2.45) is 12.5 Å². The molecule has 0 saturated carbocycles. The monoisotopic (exact) mass is 491 g/mol. The lowest BCUT2D eigenvalue weighted by Crippen LogP contribution is -2.25. The van der Waals surface area contributed by atoms with Gasteiger partial charge in [0.25, 0.3) is 0 Å². The summed E-state index contributed by atoms with van der Waals surface area (Å²) < 4.78 is 8.13. The Morgan fingerprint density at radius 2 is 1.97 bits per heavy atom. The standard InChI is InChI=1S/C27H25N9O/c1-17-10-18(4-7-23(17)37-19-5-6-22-20(11-19)32-16-35(22)3)33-25-24-21(30-15-31-25)12-29-26(34-24)36-9-8-27(2,13-28)14-36/h4-7,10-12,15-16H,8-9,14H2,1-3H3,(H,30,31,33). The number of aromatic nitrogens is 6. The summed E-state index contributed by atoms with van der Waals surface area (Å²) in [5, 5.41) is 12.8. The zero-order chi connectivity index (χ0) is 25.6. The lowest BCUT2D eigenvalue weighted by molar-refractivity contribution is 0.479. The van der Waals surface area contributed by atoms with E-state index in [1.165, 1.54) is 6.33 Å². The van der Waals surface area contributed by atoms with Crippen molar-refractivity contribution in [3.63, 3.8) is 0 Å². The molecule has 2 aromatic carbocycles. The highest BCUT2D eigenvalue weighted by Crippen LogP contribution is 2.33. The summed E-state index contributed by atoms with van der Waals surface area (Å²) >= 11 is 0. The maximum Gasteiger partial charge on any atom is 0.226 e. The number of benzene rings is 2. The number of hydrogen-bond donors (Lipinski definition) is 1. The normalized spacial score (nSPS) is 17.3. The summed E-state index contributed by atoms with van der Waals surface area (Å²) in [5.41, 5.74) is 4.63. The molecule has 5 aromatic rings. The number of nitrogens with one attached hydrogen (secondary N) is 1. The Kier molecular flexibility index (Phi) is 5.34. The molecule has 1 unspecified atom stereocenters. The zero-order valence-corrected chi connectivity index (χ0v) is 20.8. The van der Waals surface area contributed by atoms with E-state index in [9.17, 15) is 5.26 Å². The van der Waals surface area contributed by atoms with E-state index in [0.29, 0.717) is 29.3 Å². The molecule has 10 nitrogen and oxygen atoms in total. The molecule has 1 N–H and O–H groups in total. The number of aryl methyl sites for hydroxylation is 2. The van der Waals surface area contributed by atoms with Gasteiger partial charge in [-0.25, -0.2) is 24.9 Å². The van der Waals surface area contributed by atoms with Crippen molar-refractivity contribution < 1.29 is 4.74 Å². The molecule has 1 saturated heterocycles. The number of ether oxygens (including phenoxy) is 1. The van der Waals surface area contributed by atoms with E-state index < -0.39 is 5.41 Å². The molecule has 1 atom stereocenters. The van der Waals surface area contributed by atoms with Crippen molar-refractivity contribution in [1.29, 1.82) is 5.26 Å². The van der Waals surface area contributed by atoms with Gasteiger partial charge in [0.05, 0.1) is 35.0 Å². The number of nitrogens with zero attached hydrogens (tertiary/aromatic N) is 8. The molecular weight excluding hydrogens is 466 g/mol. The third kappa shape index (κ3) is 4.25. The van der Waals surface area contributed by atoms with Crippen LogP contribution in [-0.4, -0.2) is 42.6 Å². The van der Waals surface area contributed by atoms with Crippen LogP contribution in [0.15, 0.2) is 55.2 Å². The Bertz CT molecular complexity index is 1690. The molecule has 0 amide bonds. The Balaban J connectivity index is 1.24. The van der Waals surface area contributed by atoms with E-state index in [1.807, 2.05) is 66.8 Å². The van der Waals surface area contributed by atoms with Gasteiger partial charge in [-0.15, -0.1) is 0 Å². The van der Waals surface area contributed by atoms with Crippen LogP contribution in [0.3, 0.4) is 0 Å². The molecule has 6 rings (SSSR count). The van der Waals surface area contributed by atoms with Gasteiger partial charge in [-0.1, -0.05) is 0 Å². The van der Waals surface area contributed by atoms with Crippen LogP contribution in [0.4, 0.5) is 17.5 Å². The van der Waals surface area contributed by atoms with Crippen molar-refractivity contribution in [1.82, 2.24) is 29.5 Å². The van der Waals surface area contributed by atoms with Crippen LogP contribution in [0, 0.1) is 23.7 Å². The molecule has 1 aliphatic rings. The zero-order valence-electron chi connectivity index (χ0n) is 20.8. The minimum atomic E-state index is -0.392. The van der Waals surface area contributed by atoms with Gasteiger partial charge in [-0.3, -0.25) is 0 Å².